The van der Waals surface area contributed by atoms with Gasteiger partial charge in [-0.1, -0.05) is 19.9 Å². The Morgan fingerprint density at radius 2 is 2.06 bits per heavy atom. The molecule has 3 nitrogen and oxygen atoms in total. The van der Waals surface area contributed by atoms with E-state index < -0.39 is 0 Å². The van der Waals surface area contributed by atoms with E-state index in [4.69, 9.17) is 0 Å². The summed E-state index contributed by atoms with van der Waals surface area (Å²) in [5.41, 5.74) is 4.09. The molecule has 2 aromatic heterocycles. The van der Waals surface area contributed by atoms with Crippen LogP contribution in [-0.2, 0) is 0 Å². The van der Waals surface area contributed by atoms with Crippen LogP contribution in [0.5, 0.6) is 0 Å². The Morgan fingerprint density at radius 1 is 1.31 bits per heavy atom. The molecule has 0 saturated carbocycles. The van der Waals surface area contributed by atoms with Crippen LogP contribution in [0.1, 0.15) is 31.2 Å². The van der Waals surface area contributed by atoms with Crippen LogP contribution >= 0.6 is 22.6 Å². The third-order valence-corrected chi connectivity index (χ3v) is 3.53. The Morgan fingerprint density at radius 3 is 2.62 bits per heavy atom. The van der Waals surface area contributed by atoms with Crippen LogP contribution in [0.2, 0.25) is 0 Å². The zero-order valence-electron chi connectivity index (χ0n) is 9.58. The smallest absolute Gasteiger partial charge is 0.124 e. The molecule has 0 saturated heterocycles. The number of halogens is 1. The molecule has 0 fully saturated rings. The SMILES string of the molecule is Cc1cccc(-c2n[nH]c(C(C)C)c2I)n1. The Labute approximate surface area is 109 Å². The van der Waals surface area contributed by atoms with Gasteiger partial charge >= 0.3 is 0 Å². The highest BCUT2D eigenvalue weighted by Crippen LogP contribution is 2.27. The summed E-state index contributed by atoms with van der Waals surface area (Å²) >= 11 is 2.33. The van der Waals surface area contributed by atoms with Crippen molar-refractivity contribution in [2.75, 3.05) is 0 Å². The first kappa shape index (κ1) is 11.6. The quantitative estimate of drug-likeness (QED) is 0.858. The first-order valence-corrected chi connectivity index (χ1v) is 6.35. The Kier molecular flexibility index (Phi) is 3.28. The van der Waals surface area contributed by atoms with Gasteiger partial charge in [-0.25, -0.2) is 0 Å². The molecule has 0 unspecified atom stereocenters. The molecular formula is C12H14IN3. The van der Waals surface area contributed by atoms with Gasteiger partial charge in [-0.05, 0) is 47.6 Å². The van der Waals surface area contributed by atoms with E-state index >= 15 is 0 Å². The second-order valence-corrected chi connectivity index (χ2v) is 5.20. The number of hydrogen-bond donors (Lipinski definition) is 1. The van der Waals surface area contributed by atoms with E-state index in [-0.39, 0.29) is 0 Å². The molecule has 84 valence electrons. The lowest BCUT2D eigenvalue weighted by Gasteiger charge is -2.02. The normalized spacial score (nSPS) is 11.1. The standard InChI is InChI=1S/C12H14IN3/c1-7(2)11-10(13)12(16-15-11)9-6-4-5-8(3)14-9/h4-7H,1-3H3,(H,15,16). The fourth-order valence-corrected chi connectivity index (χ4v) is 2.71. The second kappa shape index (κ2) is 4.53. The minimum atomic E-state index is 0.456. The Bertz CT molecular complexity index is 503. The molecule has 0 amide bonds. The van der Waals surface area contributed by atoms with Crippen LogP contribution < -0.4 is 0 Å². The second-order valence-electron chi connectivity index (χ2n) is 4.12. The molecule has 0 bridgehead atoms. The van der Waals surface area contributed by atoms with Crippen molar-refractivity contribution in [2.45, 2.75) is 26.7 Å². The third kappa shape index (κ3) is 2.11. The molecule has 0 aliphatic rings. The highest BCUT2D eigenvalue weighted by Gasteiger charge is 2.15. The molecule has 0 aromatic carbocycles. The van der Waals surface area contributed by atoms with Crippen LogP contribution in [-0.4, -0.2) is 15.2 Å². The highest BCUT2D eigenvalue weighted by atomic mass is 127. The van der Waals surface area contributed by atoms with Crippen LogP contribution in [0.15, 0.2) is 18.2 Å². The fraction of sp³-hybridized carbons (Fsp3) is 0.333. The maximum Gasteiger partial charge on any atom is 0.124 e. The lowest BCUT2D eigenvalue weighted by Crippen LogP contribution is -1.91. The number of pyridine rings is 1. The van der Waals surface area contributed by atoms with Gasteiger partial charge in [-0.15, -0.1) is 0 Å². The van der Waals surface area contributed by atoms with Crippen molar-refractivity contribution in [2.24, 2.45) is 0 Å². The molecule has 4 heteroatoms. The molecule has 1 N–H and O–H groups in total. The maximum absolute atomic E-state index is 4.49. The van der Waals surface area contributed by atoms with Crippen LogP contribution in [0, 0.1) is 10.5 Å². The van der Waals surface area contributed by atoms with Gasteiger partial charge in [0.1, 0.15) is 5.69 Å². The van der Waals surface area contributed by atoms with Gasteiger partial charge in [0, 0.05) is 5.69 Å². The summed E-state index contributed by atoms with van der Waals surface area (Å²) in [6.07, 6.45) is 0. The lowest BCUT2D eigenvalue weighted by atomic mass is 10.1. The zero-order valence-corrected chi connectivity index (χ0v) is 11.7. The van der Waals surface area contributed by atoms with Gasteiger partial charge in [0.15, 0.2) is 0 Å². The monoisotopic (exact) mass is 327 g/mol. The van der Waals surface area contributed by atoms with Gasteiger partial charge in [0.2, 0.25) is 0 Å². The van der Waals surface area contributed by atoms with Crippen LogP contribution in [0.4, 0.5) is 0 Å². The van der Waals surface area contributed by atoms with Crippen molar-refractivity contribution in [3.63, 3.8) is 0 Å². The summed E-state index contributed by atoms with van der Waals surface area (Å²) < 4.78 is 1.17. The first-order valence-electron chi connectivity index (χ1n) is 5.27. The van der Waals surface area contributed by atoms with Crippen molar-refractivity contribution in [1.29, 1.82) is 0 Å². The van der Waals surface area contributed by atoms with E-state index in [1.807, 2.05) is 25.1 Å². The molecule has 0 radical (unpaired) electrons. The van der Waals surface area contributed by atoms with E-state index in [0.29, 0.717) is 5.92 Å². The van der Waals surface area contributed by atoms with E-state index in [1.54, 1.807) is 0 Å². The van der Waals surface area contributed by atoms with Crippen LogP contribution in [0.25, 0.3) is 11.4 Å². The topological polar surface area (TPSA) is 41.6 Å². The van der Waals surface area contributed by atoms with E-state index in [0.717, 1.165) is 17.1 Å². The van der Waals surface area contributed by atoms with Crippen LogP contribution in [0.3, 0.4) is 0 Å². The van der Waals surface area contributed by atoms with Gasteiger partial charge in [0.25, 0.3) is 0 Å². The van der Waals surface area contributed by atoms with Gasteiger partial charge < -0.3 is 0 Å². The van der Waals surface area contributed by atoms with Gasteiger partial charge in [-0.2, -0.15) is 5.10 Å². The summed E-state index contributed by atoms with van der Waals surface area (Å²) in [6.45, 7) is 6.30. The highest BCUT2D eigenvalue weighted by molar-refractivity contribution is 14.1. The molecule has 0 atom stereocenters. The van der Waals surface area contributed by atoms with Crippen molar-refractivity contribution in [3.05, 3.63) is 33.2 Å². The summed E-state index contributed by atoms with van der Waals surface area (Å²) in [4.78, 5) is 4.49. The molecule has 0 spiro atoms. The number of rotatable bonds is 2. The average Bonchev–Trinajstić information content (AvgIpc) is 2.60. The van der Waals surface area contributed by atoms with Crippen molar-refractivity contribution in [1.82, 2.24) is 15.2 Å². The predicted molar refractivity (Wildman–Crippen MR) is 73.4 cm³/mol. The lowest BCUT2D eigenvalue weighted by molar-refractivity contribution is 0.806. The molecule has 2 aromatic rings. The number of nitrogens with one attached hydrogen (secondary N) is 1. The number of aromatic amines is 1. The number of aromatic nitrogens is 3. The molecule has 2 rings (SSSR count). The van der Waals surface area contributed by atoms with Crippen molar-refractivity contribution >= 4 is 22.6 Å². The number of aryl methyl sites for hydroxylation is 1. The van der Waals surface area contributed by atoms with Crippen molar-refractivity contribution in [3.8, 4) is 11.4 Å². The Hall–Kier alpha value is -0.910. The number of H-pyrrole nitrogens is 1. The maximum atomic E-state index is 4.49. The predicted octanol–water partition coefficient (Wildman–Crippen LogP) is 3.51. The van der Waals surface area contributed by atoms with Gasteiger partial charge in [0.05, 0.1) is 15.0 Å². The minimum absolute atomic E-state index is 0.456. The number of nitrogens with zero attached hydrogens (tertiary/aromatic N) is 2. The zero-order chi connectivity index (χ0) is 11.7. The largest absolute Gasteiger partial charge is 0.281 e. The third-order valence-electron chi connectivity index (χ3n) is 2.44. The van der Waals surface area contributed by atoms with Gasteiger partial charge in [-0.3, -0.25) is 10.1 Å². The van der Waals surface area contributed by atoms with E-state index in [2.05, 4.69) is 51.6 Å². The Balaban J connectivity index is 2.49. The fourth-order valence-electron chi connectivity index (χ4n) is 1.57. The first-order chi connectivity index (χ1) is 7.59. The number of hydrogen-bond acceptors (Lipinski definition) is 2. The summed E-state index contributed by atoms with van der Waals surface area (Å²) in [7, 11) is 0. The summed E-state index contributed by atoms with van der Waals surface area (Å²) in [5.74, 6) is 0.456. The minimum Gasteiger partial charge on any atom is -0.281 e. The molecule has 2 heterocycles. The van der Waals surface area contributed by atoms with E-state index in [1.165, 1.54) is 9.26 Å². The average molecular weight is 327 g/mol. The van der Waals surface area contributed by atoms with Crippen molar-refractivity contribution < 1.29 is 0 Å². The summed E-state index contributed by atoms with van der Waals surface area (Å²) in [5, 5.41) is 7.45. The molecule has 16 heavy (non-hydrogen) atoms. The summed E-state index contributed by atoms with van der Waals surface area (Å²) in [6, 6.07) is 6.00. The molecular weight excluding hydrogens is 313 g/mol. The molecule has 0 aliphatic heterocycles. The molecule has 0 aliphatic carbocycles. The van der Waals surface area contributed by atoms with E-state index in [9.17, 15) is 0 Å².